The number of amides is 1. The first-order chi connectivity index (χ1) is 20.6. The molecular weight excluding hydrogens is 627 g/mol. The van der Waals surface area contributed by atoms with Gasteiger partial charge in [0.05, 0.1) is 26.7 Å². The van der Waals surface area contributed by atoms with Crippen molar-refractivity contribution >= 4 is 29.1 Å². The predicted octanol–water partition coefficient (Wildman–Crippen LogP) is 8.50. The number of benzene rings is 3. The van der Waals surface area contributed by atoms with Crippen LogP contribution in [-0.2, 0) is 29.2 Å². The molecule has 3 aromatic rings. The van der Waals surface area contributed by atoms with Crippen molar-refractivity contribution in [2.45, 2.75) is 56.5 Å². The van der Waals surface area contributed by atoms with Gasteiger partial charge in [-0.2, -0.15) is 26.3 Å². The van der Waals surface area contributed by atoms with Gasteiger partial charge in [-0.15, -0.1) is 0 Å². The van der Waals surface area contributed by atoms with Crippen LogP contribution in [0.5, 0.6) is 0 Å². The molecule has 1 aliphatic rings. The maximum absolute atomic E-state index is 13.6. The normalized spacial score (nSPS) is 16.5. The Hall–Kier alpha value is -2.79. The van der Waals surface area contributed by atoms with Crippen LogP contribution >= 0.6 is 23.2 Å². The number of likely N-dealkylation sites (tertiary alicyclic amines) is 1. The zero-order chi connectivity index (χ0) is 32.3. The first-order valence-electron chi connectivity index (χ1n) is 14.1. The van der Waals surface area contributed by atoms with Gasteiger partial charge in [0.15, 0.2) is 0 Å². The fourth-order valence-electron chi connectivity index (χ4n) is 5.99. The summed E-state index contributed by atoms with van der Waals surface area (Å²) in [6.45, 7) is 3.06. The molecule has 238 valence electrons. The molecule has 12 heteroatoms. The van der Waals surface area contributed by atoms with E-state index in [1.165, 1.54) is 11.8 Å². The highest BCUT2D eigenvalue weighted by Gasteiger charge is 2.44. The lowest BCUT2D eigenvalue weighted by atomic mass is 9.78. The van der Waals surface area contributed by atoms with Gasteiger partial charge in [0.1, 0.15) is 0 Å². The minimum absolute atomic E-state index is 0.0306. The van der Waals surface area contributed by atoms with E-state index in [0.717, 1.165) is 17.5 Å². The summed E-state index contributed by atoms with van der Waals surface area (Å²) in [7, 11) is 0. The Kier molecular flexibility index (Phi) is 10.6. The molecule has 0 aliphatic carbocycles. The summed E-state index contributed by atoms with van der Waals surface area (Å²) in [6, 6.07) is 16.0. The zero-order valence-corrected chi connectivity index (χ0v) is 25.5. The first-order valence-corrected chi connectivity index (χ1v) is 14.9. The molecular formula is C32H33Cl2F6N3O. The van der Waals surface area contributed by atoms with Crippen LogP contribution in [0.3, 0.4) is 0 Å². The highest BCUT2D eigenvalue weighted by atomic mass is 35.5. The van der Waals surface area contributed by atoms with Gasteiger partial charge in [0, 0.05) is 26.6 Å². The molecule has 1 amide bonds. The maximum atomic E-state index is 13.6. The number of hydrogen-bond acceptors (Lipinski definition) is 3. The monoisotopic (exact) mass is 659 g/mol. The molecule has 0 bridgehead atoms. The van der Waals surface area contributed by atoms with Gasteiger partial charge in [-0.05, 0) is 85.3 Å². The van der Waals surface area contributed by atoms with E-state index in [4.69, 9.17) is 28.9 Å². The predicted molar refractivity (Wildman–Crippen MR) is 159 cm³/mol. The second-order valence-corrected chi connectivity index (χ2v) is 12.0. The van der Waals surface area contributed by atoms with Gasteiger partial charge in [-0.25, -0.2) is 0 Å². The summed E-state index contributed by atoms with van der Waals surface area (Å²) in [5.74, 6) is -0.417. The van der Waals surface area contributed by atoms with Crippen molar-refractivity contribution in [2.24, 2.45) is 5.73 Å². The Bertz CT molecular complexity index is 1410. The van der Waals surface area contributed by atoms with Crippen molar-refractivity contribution < 1.29 is 31.1 Å². The average molecular weight is 661 g/mol. The molecule has 4 nitrogen and oxygen atoms in total. The highest BCUT2D eigenvalue weighted by Crippen LogP contribution is 2.42. The van der Waals surface area contributed by atoms with E-state index >= 15 is 0 Å². The van der Waals surface area contributed by atoms with Gasteiger partial charge in [-0.3, -0.25) is 4.79 Å². The molecule has 1 fully saturated rings. The number of nitrogens with two attached hydrogens (primary N) is 1. The summed E-state index contributed by atoms with van der Waals surface area (Å²) in [5.41, 5.74) is 3.81. The van der Waals surface area contributed by atoms with E-state index in [-0.39, 0.29) is 17.5 Å². The van der Waals surface area contributed by atoms with Crippen molar-refractivity contribution in [3.8, 4) is 0 Å². The average Bonchev–Trinajstić information content (AvgIpc) is 2.97. The molecule has 0 saturated carbocycles. The van der Waals surface area contributed by atoms with E-state index in [9.17, 15) is 31.1 Å². The van der Waals surface area contributed by atoms with Gasteiger partial charge in [0.2, 0.25) is 5.91 Å². The quantitative estimate of drug-likeness (QED) is 0.234. The molecule has 1 unspecified atom stereocenters. The number of nitrogens with zero attached hydrogens (tertiary/aromatic N) is 2. The van der Waals surface area contributed by atoms with Gasteiger partial charge >= 0.3 is 12.4 Å². The van der Waals surface area contributed by atoms with E-state index in [0.29, 0.717) is 61.2 Å². The van der Waals surface area contributed by atoms with E-state index in [2.05, 4.69) is 4.90 Å². The topological polar surface area (TPSA) is 49.6 Å². The Labute approximate surface area is 262 Å². The molecule has 2 N–H and O–H groups in total. The molecule has 0 spiro atoms. The Balaban J connectivity index is 1.60. The lowest BCUT2D eigenvalue weighted by Gasteiger charge is -2.49. The zero-order valence-electron chi connectivity index (χ0n) is 24.0. The van der Waals surface area contributed by atoms with E-state index in [1.807, 2.05) is 24.3 Å². The third-order valence-electron chi connectivity index (χ3n) is 8.37. The van der Waals surface area contributed by atoms with Crippen LogP contribution < -0.4 is 5.73 Å². The third kappa shape index (κ3) is 7.88. The molecule has 1 aliphatic heterocycles. The molecule has 3 aromatic carbocycles. The largest absolute Gasteiger partial charge is 0.416 e. The number of carbonyl (C=O) groups excluding carboxylic acids is 1. The fraction of sp³-hybridized carbons (Fsp3) is 0.406. The minimum atomic E-state index is -4.99. The summed E-state index contributed by atoms with van der Waals surface area (Å²) < 4.78 is 81.6. The number of rotatable bonds is 9. The summed E-state index contributed by atoms with van der Waals surface area (Å²) in [4.78, 5) is 16.8. The van der Waals surface area contributed by atoms with Crippen molar-refractivity contribution in [3.05, 3.63) is 105 Å². The number of alkyl halides is 6. The smallest absolute Gasteiger partial charge is 0.330 e. The van der Waals surface area contributed by atoms with E-state index < -0.39 is 41.5 Å². The van der Waals surface area contributed by atoms with Crippen molar-refractivity contribution in [3.63, 3.8) is 0 Å². The summed E-state index contributed by atoms with van der Waals surface area (Å²) in [6.07, 6.45) is -8.38. The van der Waals surface area contributed by atoms with Crippen LogP contribution in [0.25, 0.3) is 0 Å². The number of hydrogen-bond donors (Lipinski definition) is 1. The SMILES string of the molecule is CC(=O)N(Cc1cc(C(F)(F)F)cc(C(F)(F)F)c1)C1(c2ccccc2)CCN(CCC(CN)c2ccc(Cl)c(Cl)c2)CC1. The number of halogens is 8. The molecule has 1 saturated heterocycles. The molecule has 1 heterocycles. The van der Waals surface area contributed by atoms with Gasteiger partial charge < -0.3 is 15.5 Å². The first kappa shape index (κ1) is 34.1. The lowest BCUT2D eigenvalue weighted by Crippen LogP contribution is -2.54. The highest BCUT2D eigenvalue weighted by molar-refractivity contribution is 6.42. The van der Waals surface area contributed by atoms with Crippen LogP contribution in [0, 0.1) is 0 Å². The standard InChI is InChI=1S/C32H33Cl2F6N3O/c1-21(44)43(20-22-15-26(31(35,36)37)18-27(16-22)32(38,39)40)30(25-5-3-2-4-6-25)10-13-42(14-11-30)12-9-24(19-41)23-7-8-28(33)29(34)17-23/h2-8,15-18,24H,9-14,19-20,41H2,1H3. The van der Waals surface area contributed by atoms with Gasteiger partial charge in [-0.1, -0.05) is 59.6 Å². The van der Waals surface area contributed by atoms with Crippen LogP contribution in [0.4, 0.5) is 26.3 Å². The summed E-state index contributed by atoms with van der Waals surface area (Å²) in [5, 5.41) is 0.898. The molecule has 4 rings (SSSR count). The Morgan fingerprint density at radius 2 is 1.50 bits per heavy atom. The summed E-state index contributed by atoms with van der Waals surface area (Å²) >= 11 is 12.3. The third-order valence-corrected chi connectivity index (χ3v) is 9.11. The lowest BCUT2D eigenvalue weighted by molar-refractivity contribution is -0.143. The number of piperidine rings is 1. The molecule has 44 heavy (non-hydrogen) atoms. The maximum Gasteiger partial charge on any atom is 0.416 e. The molecule has 0 radical (unpaired) electrons. The van der Waals surface area contributed by atoms with E-state index in [1.54, 1.807) is 24.3 Å². The molecule has 1 atom stereocenters. The van der Waals surface area contributed by atoms with Gasteiger partial charge in [0.25, 0.3) is 0 Å². The Morgan fingerprint density at radius 1 is 0.909 bits per heavy atom. The van der Waals surface area contributed by atoms with Crippen molar-refractivity contribution in [1.82, 2.24) is 9.80 Å². The van der Waals surface area contributed by atoms with Crippen LogP contribution in [0.1, 0.15) is 59.9 Å². The van der Waals surface area contributed by atoms with Crippen LogP contribution in [0.2, 0.25) is 10.0 Å². The second kappa shape index (κ2) is 13.7. The molecule has 0 aromatic heterocycles. The van der Waals surface area contributed by atoms with Crippen LogP contribution in [-0.4, -0.2) is 41.9 Å². The van der Waals surface area contributed by atoms with Crippen molar-refractivity contribution in [2.75, 3.05) is 26.2 Å². The van der Waals surface area contributed by atoms with Crippen molar-refractivity contribution in [1.29, 1.82) is 0 Å². The Morgan fingerprint density at radius 3 is 2.00 bits per heavy atom. The fourth-order valence-corrected chi connectivity index (χ4v) is 6.30. The van der Waals surface area contributed by atoms with Crippen LogP contribution in [0.15, 0.2) is 66.7 Å². The minimum Gasteiger partial charge on any atom is -0.330 e. The second-order valence-electron chi connectivity index (χ2n) is 11.2. The number of carbonyl (C=O) groups is 1.